The molecule has 0 aromatic carbocycles. The molecular weight excluding hydrogens is 112 g/mol. The van der Waals surface area contributed by atoms with E-state index in [1.165, 1.54) is 25.9 Å². The predicted octanol–water partition coefficient (Wildman–Crippen LogP) is -1.46. The van der Waals surface area contributed by atoms with Crippen molar-refractivity contribution in [3.63, 3.8) is 0 Å². The van der Waals surface area contributed by atoms with Gasteiger partial charge >= 0.3 is 0 Å². The summed E-state index contributed by atoms with van der Waals surface area (Å²) in [5, 5.41) is 0. The Bertz CT molecular complexity index is 54.9. The summed E-state index contributed by atoms with van der Waals surface area (Å²) in [6.07, 6.45) is 2.67. The van der Waals surface area contributed by atoms with Gasteiger partial charge in [-0.25, -0.2) is 0 Å². The fraction of sp³-hybridized carbons (Fsp3) is 1.00. The molecule has 0 aliphatic rings. The van der Waals surface area contributed by atoms with E-state index in [1.807, 2.05) is 0 Å². The van der Waals surface area contributed by atoms with E-state index in [4.69, 9.17) is 0 Å². The van der Waals surface area contributed by atoms with Crippen LogP contribution in [0.5, 0.6) is 0 Å². The summed E-state index contributed by atoms with van der Waals surface area (Å²) in [6, 6.07) is 0. The first kappa shape index (κ1) is 8.92. The van der Waals surface area contributed by atoms with Crippen LogP contribution in [-0.2, 0) is 0 Å². The Balaban J connectivity index is 2.95. The molecule has 0 saturated carbocycles. The summed E-state index contributed by atoms with van der Waals surface area (Å²) in [4.78, 5) is 1.62. The van der Waals surface area contributed by atoms with Crippen molar-refractivity contribution < 1.29 is 10.6 Å². The molecule has 9 heavy (non-hydrogen) atoms. The highest BCUT2D eigenvalue weighted by Crippen LogP contribution is 1.77. The minimum absolute atomic E-state index is 1.07. The molecule has 0 heterocycles. The van der Waals surface area contributed by atoms with Crippen LogP contribution >= 0.6 is 0 Å². The Morgan fingerprint density at radius 1 is 1.33 bits per heavy atom. The fourth-order valence-corrected chi connectivity index (χ4v) is 0.905. The minimum atomic E-state index is 1.07. The van der Waals surface area contributed by atoms with Crippen LogP contribution in [0.1, 0.15) is 19.8 Å². The summed E-state index contributed by atoms with van der Waals surface area (Å²) >= 11 is 0. The van der Waals surface area contributed by atoms with E-state index >= 15 is 0 Å². The summed E-state index contributed by atoms with van der Waals surface area (Å²) in [5.41, 5.74) is 3.81. The third-order valence-electron chi connectivity index (χ3n) is 1.56. The van der Waals surface area contributed by atoms with E-state index in [9.17, 15) is 0 Å². The molecule has 0 rings (SSSR count). The zero-order valence-electron chi connectivity index (χ0n) is 6.74. The van der Waals surface area contributed by atoms with E-state index < -0.39 is 0 Å². The van der Waals surface area contributed by atoms with Crippen LogP contribution in [0.4, 0.5) is 0 Å². The van der Waals surface area contributed by atoms with Crippen LogP contribution in [0, 0.1) is 0 Å². The number of quaternary nitrogens is 2. The lowest BCUT2D eigenvalue weighted by molar-refractivity contribution is -0.885. The third kappa shape index (κ3) is 5.80. The molecule has 2 heteroatoms. The molecule has 2 nitrogen and oxygen atoms in total. The molecule has 0 spiro atoms. The van der Waals surface area contributed by atoms with Gasteiger partial charge in [0.05, 0.1) is 13.6 Å². The Labute approximate surface area is 58.0 Å². The second kappa shape index (κ2) is 6.05. The van der Waals surface area contributed by atoms with E-state index in [2.05, 4.69) is 19.7 Å². The van der Waals surface area contributed by atoms with Gasteiger partial charge in [0.15, 0.2) is 0 Å². The van der Waals surface area contributed by atoms with Crippen molar-refractivity contribution in [2.24, 2.45) is 0 Å². The summed E-state index contributed by atoms with van der Waals surface area (Å²) in [6.45, 7) is 5.83. The Morgan fingerprint density at radius 2 is 2.00 bits per heavy atom. The standard InChI is InChI=1S/C7H18N2/c1-3-4-6-9(2)7-5-8/h3-8H2,1-2H3/p+2. The lowest BCUT2D eigenvalue weighted by atomic mass is 10.3. The number of rotatable bonds is 5. The molecule has 0 fully saturated rings. The van der Waals surface area contributed by atoms with Crippen LogP contribution in [0.25, 0.3) is 0 Å². The van der Waals surface area contributed by atoms with Crippen molar-refractivity contribution in [1.82, 2.24) is 0 Å². The predicted molar refractivity (Wildman–Crippen MR) is 39.3 cm³/mol. The maximum absolute atomic E-state index is 3.81. The number of hydrogen-bond donors (Lipinski definition) is 2. The lowest BCUT2D eigenvalue weighted by Gasteiger charge is -2.09. The Hall–Kier alpha value is -0.0800. The first-order valence-corrected chi connectivity index (χ1v) is 3.91. The van der Waals surface area contributed by atoms with Gasteiger partial charge in [0.2, 0.25) is 0 Å². The highest BCUT2D eigenvalue weighted by Gasteiger charge is 1.97. The molecule has 0 aromatic heterocycles. The molecule has 56 valence electrons. The highest BCUT2D eigenvalue weighted by atomic mass is 15.1. The second-order valence-corrected chi connectivity index (χ2v) is 2.66. The van der Waals surface area contributed by atoms with E-state index in [-0.39, 0.29) is 0 Å². The molecule has 0 amide bonds. The largest absolute Gasteiger partial charge is 0.353 e. The first-order valence-electron chi connectivity index (χ1n) is 3.91. The zero-order valence-corrected chi connectivity index (χ0v) is 6.74. The topological polar surface area (TPSA) is 32.1 Å². The van der Waals surface area contributed by atoms with Gasteiger partial charge in [-0.05, 0) is 6.42 Å². The molecule has 1 unspecified atom stereocenters. The molecule has 0 saturated heterocycles. The van der Waals surface area contributed by atoms with Crippen LogP contribution in [0.2, 0.25) is 0 Å². The van der Waals surface area contributed by atoms with Crippen molar-refractivity contribution in [2.75, 3.05) is 26.7 Å². The third-order valence-corrected chi connectivity index (χ3v) is 1.56. The molecule has 0 radical (unpaired) electrons. The van der Waals surface area contributed by atoms with Crippen molar-refractivity contribution in [3.8, 4) is 0 Å². The maximum atomic E-state index is 3.81. The smallest absolute Gasteiger partial charge is 0.127 e. The number of unbranched alkanes of at least 4 members (excludes halogenated alkanes) is 1. The number of likely N-dealkylation sites (N-methyl/N-ethyl adjacent to an activating group) is 1. The van der Waals surface area contributed by atoms with E-state index in [1.54, 1.807) is 4.90 Å². The first-order chi connectivity index (χ1) is 4.31. The van der Waals surface area contributed by atoms with Crippen molar-refractivity contribution in [3.05, 3.63) is 0 Å². The van der Waals surface area contributed by atoms with Crippen LogP contribution < -0.4 is 10.6 Å². The zero-order chi connectivity index (χ0) is 7.11. The number of nitrogens with one attached hydrogen (secondary N) is 1. The summed E-state index contributed by atoms with van der Waals surface area (Å²) < 4.78 is 0. The van der Waals surface area contributed by atoms with Crippen molar-refractivity contribution in [2.45, 2.75) is 19.8 Å². The molecule has 0 aliphatic heterocycles. The molecule has 0 aromatic rings. The molecule has 4 N–H and O–H groups in total. The van der Waals surface area contributed by atoms with Gasteiger partial charge in [-0.3, -0.25) is 0 Å². The summed E-state index contributed by atoms with van der Waals surface area (Å²) in [5.74, 6) is 0. The SMILES string of the molecule is CCCC[NH+](C)CC[NH3+]. The van der Waals surface area contributed by atoms with E-state index in [0.29, 0.717) is 0 Å². The normalized spacial score (nSPS) is 13.7. The average molecular weight is 132 g/mol. The Morgan fingerprint density at radius 3 is 2.44 bits per heavy atom. The fourth-order valence-electron chi connectivity index (χ4n) is 0.905. The molecular formula is C7H20N2+2. The van der Waals surface area contributed by atoms with Crippen LogP contribution in [-0.4, -0.2) is 26.7 Å². The van der Waals surface area contributed by atoms with Gasteiger partial charge in [0.25, 0.3) is 0 Å². The quantitative estimate of drug-likeness (QED) is 0.458. The van der Waals surface area contributed by atoms with Gasteiger partial charge < -0.3 is 10.6 Å². The van der Waals surface area contributed by atoms with Gasteiger partial charge in [-0.15, -0.1) is 0 Å². The monoisotopic (exact) mass is 132 g/mol. The Kier molecular flexibility index (Phi) is 5.99. The lowest BCUT2D eigenvalue weighted by Crippen LogP contribution is -3.10. The molecule has 1 atom stereocenters. The van der Waals surface area contributed by atoms with Gasteiger partial charge in [0, 0.05) is 0 Å². The van der Waals surface area contributed by atoms with Gasteiger partial charge in [-0.1, -0.05) is 13.3 Å². The second-order valence-electron chi connectivity index (χ2n) is 2.66. The molecule has 0 aliphatic carbocycles. The van der Waals surface area contributed by atoms with Crippen molar-refractivity contribution in [1.29, 1.82) is 0 Å². The van der Waals surface area contributed by atoms with Crippen LogP contribution in [0.3, 0.4) is 0 Å². The van der Waals surface area contributed by atoms with Crippen molar-refractivity contribution >= 4 is 0 Å². The van der Waals surface area contributed by atoms with Gasteiger partial charge in [0.1, 0.15) is 13.1 Å². The number of hydrogen-bond acceptors (Lipinski definition) is 0. The minimum Gasteiger partial charge on any atom is -0.353 e. The average Bonchev–Trinajstić information content (AvgIpc) is 1.85. The maximum Gasteiger partial charge on any atom is 0.127 e. The summed E-state index contributed by atoms with van der Waals surface area (Å²) in [7, 11) is 2.24. The molecule has 0 bridgehead atoms. The van der Waals surface area contributed by atoms with E-state index in [0.717, 1.165) is 6.54 Å². The van der Waals surface area contributed by atoms with Crippen LogP contribution in [0.15, 0.2) is 0 Å². The van der Waals surface area contributed by atoms with Gasteiger partial charge in [-0.2, -0.15) is 0 Å². The highest BCUT2D eigenvalue weighted by molar-refractivity contribution is 4.27.